The van der Waals surface area contributed by atoms with Gasteiger partial charge >= 0.3 is 0 Å². The van der Waals surface area contributed by atoms with E-state index in [9.17, 15) is 0 Å². The summed E-state index contributed by atoms with van der Waals surface area (Å²) >= 11 is 8.05. The van der Waals surface area contributed by atoms with Gasteiger partial charge in [0, 0.05) is 14.7 Å². The lowest BCUT2D eigenvalue weighted by atomic mass is 10.3. The van der Waals surface area contributed by atoms with Crippen LogP contribution in [0.25, 0.3) is 0 Å². The maximum atomic E-state index is 5.87. The Morgan fingerprint density at radius 3 is 2.59 bits per heavy atom. The number of aromatic nitrogens is 2. The van der Waals surface area contributed by atoms with Gasteiger partial charge in [-0.15, -0.1) is 0 Å². The van der Waals surface area contributed by atoms with Gasteiger partial charge in [-0.1, -0.05) is 11.6 Å². The van der Waals surface area contributed by atoms with E-state index in [2.05, 4.69) is 37.9 Å². The zero-order valence-electron chi connectivity index (χ0n) is 8.61. The van der Waals surface area contributed by atoms with Crippen molar-refractivity contribution in [3.63, 3.8) is 0 Å². The van der Waals surface area contributed by atoms with Crippen molar-refractivity contribution in [1.29, 1.82) is 0 Å². The van der Waals surface area contributed by atoms with Crippen molar-refractivity contribution in [2.24, 2.45) is 0 Å². The molecule has 0 aliphatic rings. The van der Waals surface area contributed by atoms with Gasteiger partial charge in [0.2, 0.25) is 5.95 Å². The predicted molar refractivity (Wildman–Crippen MR) is 78.3 cm³/mol. The fourth-order valence-electron chi connectivity index (χ4n) is 1.28. The number of nitrogens with one attached hydrogen (secondary N) is 1. The molecule has 0 bridgehead atoms. The number of nitrogen functional groups attached to an aromatic ring is 2. The number of nitrogens with two attached hydrogens (primary N) is 2. The van der Waals surface area contributed by atoms with Crippen molar-refractivity contribution < 1.29 is 0 Å². The van der Waals surface area contributed by atoms with Crippen molar-refractivity contribution >= 4 is 57.5 Å². The molecule has 0 atom stereocenters. The van der Waals surface area contributed by atoms with Crippen molar-refractivity contribution in [2.45, 2.75) is 0 Å². The minimum absolute atomic E-state index is 0.136. The summed E-state index contributed by atoms with van der Waals surface area (Å²) in [5.74, 6) is 1.01. The minimum atomic E-state index is 0.136. The molecule has 0 amide bonds. The van der Waals surface area contributed by atoms with E-state index in [4.69, 9.17) is 23.1 Å². The van der Waals surface area contributed by atoms with E-state index in [1.165, 1.54) is 0 Å². The normalized spacial score (nSPS) is 10.2. The van der Waals surface area contributed by atoms with Crippen LogP contribution in [0.1, 0.15) is 0 Å². The molecular weight excluding hydrogens is 353 g/mol. The van der Waals surface area contributed by atoms with Crippen LogP contribution in [-0.2, 0) is 0 Å². The molecule has 1 aromatic carbocycles. The topological polar surface area (TPSA) is 89.8 Å². The number of hydrogen-bond acceptors (Lipinski definition) is 5. The molecule has 1 heterocycles. The lowest BCUT2D eigenvalue weighted by Gasteiger charge is -2.08. The van der Waals surface area contributed by atoms with E-state index in [1.807, 2.05) is 12.1 Å². The Labute approximate surface area is 117 Å². The fourth-order valence-corrected chi connectivity index (χ4v) is 2.28. The van der Waals surface area contributed by atoms with Crippen LogP contribution in [-0.4, -0.2) is 9.97 Å². The highest BCUT2D eigenvalue weighted by atomic mass is 127. The molecule has 0 aliphatic heterocycles. The number of anilines is 4. The molecule has 0 radical (unpaired) electrons. The smallest absolute Gasteiger partial charge is 0.223 e. The average molecular weight is 362 g/mol. The first-order valence-corrected chi connectivity index (χ1v) is 6.12. The van der Waals surface area contributed by atoms with Gasteiger partial charge in [-0.2, -0.15) is 9.97 Å². The Bertz CT molecular complexity index is 540. The number of benzene rings is 1. The summed E-state index contributed by atoms with van der Waals surface area (Å²) in [5.41, 5.74) is 12.0. The molecule has 1 aromatic heterocycles. The van der Waals surface area contributed by atoms with Gasteiger partial charge in [0.15, 0.2) is 0 Å². The summed E-state index contributed by atoms with van der Waals surface area (Å²) in [6.45, 7) is 0. The molecule has 2 aromatic rings. The lowest BCUT2D eigenvalue weighted by Crippen LogP contribution is -2.03. The Balaban J connectivity index is 2.31. The van der Waals surface area contributed by atoms with E-state index < -0.39 is 0 Å². The third kappa shape index (κ3) is 3.10. The Morgan fingerprint density at radius 2 is 1.94 bits per heavy atom. The second-order valence-electron chi connectivity index (χ2n) is 3.29. The van der Waals surface area contributed by atoms with Crippen LogP contribution < -0.4 is 16.8 Å². The number of hydrogen-bond donors (Lipinski definition) is 3. The summed E-state index contributed by atoms with van der Waals surface area (Å²) in [5, 5.41) is 3.79. The maximum absolute atomic E-state index is 5.87. The second-order valence-corrected chi connectivity index (χ2v) is 4.88. The van der Waals surface area contributed by atoms with Crippen molar-refractivity contribution in [1.82, 2.24) is 9.97 Å². The summed E-state index contributed by atoms with van der Waals surface area (Å²) < 4.78 is 0.978. The molecule has 88 valence electrons. The van der Waals surface area contributed by atoms with Gasteiger partial charge in [-0.3, -0.25) is 0 Å². The lowest BCUT2D eigenvalue weighted by molar-refractivity contribution is 1.19. The molecule has 17 heavy (non-hydrogen) atoms. The summed E-state index contributed by atoms with van der Waals surface area (Å²) in [7, 11) is 0. The van der Waals surface area contributed by atoms with Crippen LogP contribution in [0, 0.1) is 3.57 Å². The van der Waals surface area contributed by atoms with E-state index in [-0.39, 0.29) is 5.95 Å². The number of rotatable bonds is 2. The van der Waals surface area contributed by atoms with Crippen LogP contribution in [0.2, 0.25) is 5.02 Å². The van der Waals surface area contributed by atoms with E-state index in [0.29, 0.717) is 16.7 Å². The monoisotopic (exact) mass is 361 g/mol. The van der Waals surface area contributed by atoms with Gasteiger partial charge in [0.05, 0.1) is 5.69 Å². The maximum Gasteiger partial charge on any atom is 0.223 e. The predicted octanol–water partition coefficient (Wildman–Crippen LogP) is 2.64. The third-order valence-electron chi connectivity index (χ3n) is 1.96. The molecule has 7 heteroatoms. The molecule has 0 saturated heterocycles. The highest BCUT2D eigenvalue weighted by molar-refractivity contribution is 14.1. The van der Waals surface area contributed by atoms with Crippen LogP contribution in [0.15, 0.2) is 24.3 Å². The highest BCUT2D eigenvalue weighted by Gasteiger charge is 2.04. The summed E-state index contributed by atoms with van der Waals surface area (Å²) in [6, 6.07) is 7.11. The summed E-state index contributed by atoms with van der Waals surface area (Å²) in [4.78, 5) is 7.83. The van der Waals surface area contributed by atoms with Gasteiger partial charge < -0.3 is 16.8 Å². The quantitative estimate of drug-likeness (QED) is 0.716. The van der Waals surface area contributed by atoms with Gasteiger partial charge in [0.1, 0.15) is 11.6 Å². The molecule has 0 aliphatic carbocycles. The van der Waals surface area contributed by atoms with E-state index >= 15 is 0 Å². The van der Waals surface area contributed by atoms with E-state index in [0.717, 1.165) is 9.26 Å². The molecule has 0 fully saturated rings. The highest BCUT2D eigenvalue weighted by Crippen LogP contribution is 2.25. The average Bonchev–Trinajstić information content (AvgIpc) is 2.21. The van der Waals surface area contributed by atoms with Crippen molar-refractivity contribution in [2.75, 3.05) is 16.8 Å². The molecule has 2 rings (SSSR count). The van der Waals surface area contributed by atoms with Crippen molar-refractivity contribution in [3.05, 3.63) is 32.9 Å². The first kappa shape index (κ1) is 12.2. The standard InChI is InChI=1S/C10H9ClIN5/c11-5-1-2-7(6(12)3-5)15-9-4-8(13)16-10(14)17-9/h1-4H,(H5,13,14,15,16,17). The van der Waals surface area contributed by atoms with Crippen LogP contribution in [0.3, 0.4) is 0 Å². The SMILES string of the molecule is Nc1cc(Nc2ccc(Cl)cc2I)nc(N)n1. The minimum Gasteiger partial charge on any atom is -0.383 e. The van der Waals surface area contributed by atoms with Crippen LogP contribution >= 0.6 is 34.2 Å². The second kappa shape index (κ2) is 4.92. The molecule has 5 nitrogen and oxygen atoms in total. The van der Waals surface area contributed by atoms with Gasteiger partial charge in [-0.05, 0) is 40.8 Å². The van der Waals surface area contributed by atoms with Crippen LogP contribution in [0.4, 0.5) is 23.3 Å². The zero-order chi connectivity index (χ0) is 12.4. The van der Waals surface area contributed by atoms with E-state index in [1.54, 1.807) is 12.1 Å². The van der Waals surface area contributed by atoms with Gasteiger partial charge in [-0.25, -0.2) is 0 Å². The van der Waals surface area contributed by atoms with Crippen molar-refractivity contribution in [3.8, 4) is 0 Å². The fraction of sp³-hybridized carbons (Fsp3) is 0. The Morgan fingerprint density at radius 1 is 1.18 bits per heavy atom. The molecule has 5 N–H and O–H groups in total. The first-order valence-electron chi connectivity index (χ1n) is 4.67. The molecular formula is C10H9ClIN5. The molecule has 0 spiro atoms. The molecule has 0 unspecified atom stereocenters. The van der Waals surface area contributed by atoms with Crippen LogP contribution in [0.5, 0.6) is 0 Å². The summed E-state index contributed by atoms with van der Waals surface area (Å²) in [6.07, 6.45) is 0. The first-order chi connectivity index (χ1) is 8.04. The number of nitrogens with zero attached hydrogens (tertiary/aromatic N) is 2. The van der Waals surface area contributed by atoms with Gasteiger partial charge in [0.25, 0.3) is 0 Å². The molecule has 0 saturated carbocycles. The zero-order valence-corrected chi connectivity index (χ0v) is 11.5. The number of halogens is 2. The Kier molecular flexibility index (Phi) is 3.53. The Hall–Kier alpha value is -1.28. The largest absolute Gasteiger partial charge is 0.383 e. The third-order valence-corrected chi connectivity index (χ3v) is 3.08.